The number of carbonyl (C=O) groups excluding carboxylic acids is 2. The molecule has 1 fully saturated rings. The molecule has 0 bridgehead atoms. The van der Waals surface area contributed by atoms with Gasteiger partial charge in [-0.25, -0.2) is 9.78 Å². The van der Waals surface area contributed by atoms with Gasteiger partial charge in [0, 0.05) is 49.5 Å². The Morgan fingerprint density at radius 1 is 1.39 bits per heavy atom. The molecule has 0 aromatic carbocycles. The van der Waals surface area contributed by atoms with Crippen LogP contribution in [0.1, 0.15) is 6.92 Å². The maximum atomic E-state index is 12.6. The van der Waals surface area contributed by atoms with Crippen LogP contribution in [0.4, 0.5) is 5.13 Å². The van der Waals surface area contributed by atoms with Crippen LogP contribution >= 0.6 is 11.5 Å². The van der Waals surface area contributed by atoms with Gasteiger partial charge >= 0.3 is 5.97 Å². The average molecular weight is 446 g/mol. The minimum atomic E-state index is -1.30. The lowest BCUT2D eigenvalue weighted by molar-refractivity contribution is -0.134. The molecule has 3 N–H and O–H groups in total. The summed E-state index contributed by atoms with van der Waals surface area (Å²) in [5, 5.41) is 16.0. The molecule has 1 aromatic rings. The van der Waals surface area contributed by atoms with Crippen molar-refractivity contribution in [3.05, 3.63) is 41.6 Å². The first kappa shape index (κ1) is 21.0. The van der Waals surface area contributed by atoms with E-state index in [2.05, 4.69) is 20.0 Å². The van der Waals surface area contributed by atoms with Crippen molar-refractivity contribution in [3.63, 3.8) is 0 Å². The maximum Gasteiger partial charge on any atom is 0.341 e. The number of Topliss-reactive ketones (excluding diaryl/α,β-unsaturated/α-hetero) is 1. The lowest BCUT2D eigenvalue weighted by atomic mass is 9.94. The third-order valence-corrected chi connectivity index (χ3v) is 5.88. The highest BCUT2D eigenvalue weighted by molar-refractivity contribution is 7.09. The van der Waals surface area contributed by atoms with Gasteiger partial charge in [-0.2, -0.15) is 4.37 Å². The van der Waals surface area contributed by atoms with Crippen LogP contribution in [-0.2, 0) is 19.1 Å². The van der Waals surface area contributed by atoms with E-state index >= 15 is 0 Å². The summed E-state index contributed by atoms with van der Waals surface area (Å²) in [5.74, 6) is -1.23. The van der Waals surface area contributed by atoms with Crippen LogP contribution in [0.15, 0.2) is 41.6 Å². The number of carboxylic acid groups (broad SMARTS) is 1. The summed E-state index contributed by atoms with van der Waals surface area (Å²) in [4.78, 5) is 44.1. The minimum absolute atomic E-state index is 0.0130. The molecule has 12 heteroatoms. The van der Waals surface area contributed by atoms with Gasteiger partial charge in [-0.3, -0.25) is 14.5 Å². The largest absolute Gasteiger partial charge is 0.477 e. The Morgan fingerprint density at radius 3 is 2.87 bits per heavy atom. The van der Waals surface area contributed by atoms with E-state index in [1.807, 2.05) is 11.8 Å². The van der Waals surface area contributed by atoms with E-state index < -0.39 is 17.9 Å². The number of aromatic nitrogens is 2. The molecule has 164 valence electrons. The van der Waals surface area contributed by atoms with Gasteiger partial charge in [-0.05, 0) is 19.1 Å². The lowest BCUT2D eigenvalue weighted by Crippen LogP contribution is -2.59. The normalized spacial score (nSPS) is 20.7. The van der Waals surface area contributed by atoms with Crippen molar-refractivity contribution in [1.29, 1.82) is 0 Å². The number of allylic oxidation sites excluding steroid dienone is 2. The zero-order valence-corrected chi connectivity index (χ0v) is 17.6. The Labute approximate surface area is 182 Å². The molecular formula is C19H22N6O5S. The zero-order chi connectivity index (χ0) is 22.0. The van der Waals surface area contributed by atoms with Crippen molar-refractivity contribution in [2.24, 2.45) is 5.92 Å². The van der Waals surface area contributed by atoms with E-state index in [0.717, 1.165) is 17.4 Å². The summed E-state index contributed by atoms with van der Waals surface area (Å²) in [5.41, 5.74) is -0.0197. The van der Waals surface area contributed by atoms with Crippen LogP contribution in [0, 0.1) is 5.92 Å². The molecule has 0 aliphatic carbocycles. The number of amides is 1. The van der Waals surface area contributed by atoms with Gasteiger partial charge in [0.2, 0.25) is 16.8 Å². The molecule has 1 amide bonds. The van der Waals surface area contributed by atoms with Crippen molar-refractivity contribution in [2.75, 3.05) is 37.7 Å². The molecule has 31 heavy (non-hydrogen) atoms. The van der Waals surface area contributed by atoms with Gasteiger partial charge in [-0.1, -0.05) is 0 Å². The maximum absolute atomic E-state index is 12.6. The molecule has 1 atom stereocenters. The second kappa shape index (κ2) is 8.86. The number of hydrogen-bond donors (Lipinski definition) is 3. The van der Waals surface area contributed by atoms with Crippen LogP contribution in [0.3, 0.4) is 0 Å². The number of anilines is 1. The zero-order valence-electron chi connectivity index (χ0n) is 16.8. The summed E-state index contributed by atoms with van der Waals surface area (Å²) < 4.78 is 9.19. The molecule has 3 aliphatic heterocycles. The predicted molar refractivity (Wildman–Crippen MR) is 111 cm³/mol. The Kier molecular flexibility index (Phi) is 6.00. The summed E-state index contributed by atoms with van der Waals surface area (Å²) >= 11 is 1.10. The number of ether oxygens (including phenoxy) is 1. The number of nitrogens with zero attached hydrogens (tertiary/aromatic N) is 4. The number of likely N-dealkylation sites (tertiary alicyclic amines) is 1. The van der Waals surface area contributed by atoms with E-state index in [0.29, 0.717) is 43.6 Å². The number of nitrogens with one attached hydrogen (secondary N) is 2. The molecule has 3 aliphatic rings. The topological polar surface area (TPSA) is 137 Å². The van der Waals surface area contributed by atoms with E-state index in [4.69, 9.17) is 4.74 Å². The van der Waals surface area contributed by atoms with Crippen LogP contribution < -0.4 is 15.5 Å². The highest BCUT2D eigenvalue weighted by Gasteiger charge is 2.41. The summed E-state index contributed by atoms with van der Waals surface area (Å²) in [7, 11) is 0. The highest BCUT2D eigenvalue weighted by Crippen LogP contribution is 2.32. The molecule has 4 rings (SSSR count). The molecular weight excluding hydrogens is 424 g/mol. The number of dihydropyridines is 1. The van der Waals surface area contributed by atoms with Gasteiger partial charge in [0.15, 0.2) is 0 Å². The van der Waals surface area contributed by atoms with Gasteiger partial charge in [0.05, 0.1) is 12.5 Å². The lowest BCUT2D eigenvalue weighted by Gasteiger charge is -2.45. The first-order valence-corrected chi connectivity index (χ1v) is 10.6. The second-order valence-electron chi connectivity index (χ2n) is 7.12. The Balaban J connectivity index is 1.44. The van der Waals surface area contributed by atoms with E-state index in [1.165, 1.54) is 12.5 Å². The number of carbonyl (C=O) groups is 3. The predicted octanol–water partition coefficient (Wildman–Crippen LogP) is -0.323. The monoisotopic (exact) mass is 446 g/mol. The molecule has 0 radical (unpaired) electrons. The molecule has 4 heterocycles. The Hall–Kier alpha value is -3.25. The van der Waals surface area contributed by atoms with Gasteiger partial charge in [0.25, 0.3) is 0 Å². The second-order valence-corrected chi connectivity index (χ2v) is 7.88. The highest BCUT2D eigenvalue weighted by atomic mass is 32.1. The van der Waals surface area contributed by atoms with E-state index in [-0.39, 0.29) is 17.4 Å². The molecule has 0 saturated carbocycles. The van der Waals surface area contributed by atoms with Crippen LogP contribution in [0.25, 0.3) is 0 Å². The fourth-order valence-corrected chi connectivity index (χ4v) is 4.08. The molecule has 1 aromatic heterocycles. The molecule has 0 spiro atoms. The van der Waals surface area contributed by atoms with Crippen molar-refractivity contribution in [1.82, 2.24) is 24.9 Å². The number of rotatable bonds is 8. The SMILES string of the molecule is CCOCCNC(=O)C1CN(C2=CC=C3C(=O)C(C(=O)O)=CN(c4ncns4)C3N2)C1. The number of hydrogen-bond acceptors (Lipinski definition) is 10. The third-order valence-electron chi connectivity index (χ3n) is 5.20. The Bertz CT molecular complexity index is 966. The summed E-state index contributed by atoms with van der Waals surface area (Å²) in [6, 6.07) is 0. The Morgan fingerprint density at radius 2 is 2.19 bits per heavy atom. The smallest absolute Gasteiger partial charge is 0.341 e. The van der Waals surface area contributed by atoms with Crippen molar-refractivity contribution in [3.8, 4) is 0 Å². The number of carboxylic acids is 1. The first-order valence-electron chi connectivity index (χ1n) is 9.83. The van der Waals surface area contributed by atoms with Gasteiger partial charge in [-0.15, -0.1) is 0 Å². The number of aliphatic carboxylic acids is 1. The molecule has 1 unspecified atom stereocenters. The summed E-state index contributed by atoms with van der Waals surface area (Å²) in [6.07, 6.45) is 5.41. The van der Waals surface area contributed by atoms with E-state index in [9.17, 15) is 19.5 Å². The van der Waals surface area contributed by atoms with Gasteiger partial charge < -0.3 is 25.4 Å². The molecule has 1 saturated heterocycles. The third kappa shape index (κ3) is 4.16. The van der Waals surface area contributed by atoms with Crippen molar-refractivity contribution in [2.45, 2.75) is 13.1 Å². The van der Waals surface area contributed by atoms with Crippen LogP contribution in [0.5, 0.6) is 0 Å². The number of ketones is 1. The number of fused-ring (bicyclic) bond motifs is 1. The fourth-order valence-electron chi connectivity index (χ4n) is 3.54. The van der Waals surface area contributed by atoms with Crippen molar-refractivity contribution < 1.29 is 24.2 Å². The van der Waals surface area contributed by atoms with Crippen LogP contribution in [0.2, 0.25) is 0 Å². The fraction of sp³-hybridized carbons (Fsp3) is 0.421. The van der Waals surface area contributed by atoms with E-state index in [1.54, 1.807) is 17.1 Å². The summed E-state index contributed by atoms with van der Waals surface area (Å²) in [6.45, 7) is 4.57. The minimum Gasteiger partial charge on any atom is -0.477 e. The first-order chi connectivity index (χ1) is 15.0. The van der Waals surface area contributed by atoms with Gasteiger partial charge in [0.1, 0.15) is 23.9 Å². The molecule has 11 nitrogen and oxygen atoms in total. The quantitative estimate of drug-likeness (QED) is 0.360. The van der Waals surface area contributed by atoms with Crippen LogP contribution in [-0.4, -0.2) is 76.0 Å². The average Bonchev–Trinajstić information content (AvgIpc) is 3.25. The van der Waals surface area contributed by atoms with Crippen molar-refractivity contribution >= 4 is 34.3 Å². The standard InChI is InChI=1S/C19H22N6O5S/c1-2-30-6-5-20-17(27)11-7-24(8-11)14-4-3-12-15(26)13(18(28)29)9-25(16(12)23-14)19-21-10-22-31-19/h3-4,9-11,16,23H,2,5-8H2,1H3,(H,20,27)(H,28,29).